The summed E-state index contributed by atoms with van der Waals surface area (Å²) in [5.74, 6) is 0. The molecule has 1 aliphatic rings. The zero-order chi connectivity index (χ0) is 13.1. The molecule has 0 amide bonds. The van der Waals surface area contributed by atoms with Crippen molar-refractivity contribution < 1.29 is 0 Å². The van der Waals surface area contributed by atoms with Crippen molar-refractivity contribution in [3.05, 3.63) is 44.9 Å². The van der Waals surface area contributed by atoms with E-state index in [4.69, 9.17) is 0 Å². The van der Waals surface area contributed by atoms with E-state index < -0.39 is 0 Å². The number of halogens is 1. The van der Waals surface area contributed by atoms with Crippen molar-refractivity contribution in [1.29, 1.82) is 0 Å². The molecule has 5 heteroatoms. The quantitative estimate of drug-likeness (QED) is 0.673. The number of thiazole rings is 1. The molecule has 0 spiro atoms. The highest BCUT2D eigenvalue weighted by Crippen LogP contribution is 2.29. The van der Waals surface area contributed by atoms with Crippen molar-refractivity contribution in [3.63, 3.8) is 0 Å². The number of aromatic nitrogens is 1. The van der Waals surface area contributed by atoms with Crippen LogP contribution < -0.4 is 5.43 Å². The van der Waals surface area contributed by atoms with Gasteiger partial charge in [-0.1, -0.05) is 28.1 Å². The lowest BCUT2D eigenvalue weighted by Crippen LogP contribution is -1.99. The van der Waals surface area contributed by atoms with E-state index in [1.54, 1.807) is 11.3 Å². The third-order valence-electron chi connectivity index (χ3n) is 3.07. The summed E-state index contributed by atoms with van der Waals surface area (Å²) in [5.41, 5.74) is 5.35. The van der Waals surface area contributed by atoms with Gasteiger partial charge in [0, 0.05) is 9.35 Å². The lowest BCUT2D eigenvalue weighted by atomic mass is 10.0. The molecule has 0 saturated carbocycles. The molecule has 2 aromatic rings. The van der Waals surface area contributed by atoms with Gasteiger partial charge in [-0.05, 0) is 43.4 Å². The van der Waals surface area contributed by atoms with Crippen LogP contribution in [0.5, 0.6) is 0 Å². The second kappa shape index (κ2) is 5.84. The van der Waals surface area contributed by atoms with Crippen LogP contribution in [0.4, 0.5) is 5.13 Å². The Morgan fingerprint density at radius 3 is 3.05 bits per heavy atom. The fraction of sp³-hybridized carbons (Fsp3) is 0.286. The first-order chi connectivity index (χ1) is 9.31. The molecule has 3 rings (SSSR count). The minimum Gasteiger partial charge on any atom is -0.253 e. The summed E-state index contributed by atoms with van der Waals surface area (Å²) in [4.78, 5) is 6.01. The number of hydrazone groups is 1. The van der Waals surface area contributed by atoms with Crippen molar-refractivity contribution in [2.24, 2.45) is 5.10 Å². The maximum Gasteiger partial charge on any atom is 0.203 e. The number of aryl methyl sites for hydroxylation is 2. The van der Waals surface area contributed by atoms with Gasteiger partial charge in [0.05, 0.1) is 11.9 Å². The molecule has 1 N–H and O–H groups in total. The van der Waals surface area contributed by atoms with Crippen LogP contribution in [-0.2, 0) is 12.8 Å². The Balaban J connectivity index is 1.67. The first kappa shape index (κ1) is 12.8. The minimum absolute atomic E-state index is 0.901. The van der Waals surface area contributed by atoms with Gasteiger partial charge in [-0.2, -0.15) is 5.10 Å². The average molecular weight is 336 g/mol. The van der Waals surface area contributed by atoms with Gasteiger partial charge in [0.2, 0.25) is 5.13 Å². The summed E-state index contributed by atoms with van der Waals surface area (Å²) >= 11 is 5.17. The molecular formula is C14H14BrN3S. The highest BCUT2D eigenvalue weighted by Gasteiger charge is 2.14. The Morgan fingerprint density at radius 2 is 2.21 bits per heavy atom. The molecule has 0 saturated heterocycles. The lowest BCUT2D eigenvalue weighted by Gasteiger charge is -2.06. The van der Waals surface area contributed by atoms with E-state index in [2.05, 4.69) is 31.4 Å². The number of nitrogens with one attached hydrogen (secondary N) is 1. The first-order valence-corrected chi connectivity index (χ1v) is 7.95. The molecule has 0 bridgehead atoms. The Bertz CT molecular complexity index is 583. The second-order valence-electron chi connectivity index (χ2n) is 4.52. The monoisotopic (exact) mass is 335 g/mol. The van der Waals surface area contributed by atoms with Crippen molar-refractivity contribution in [1.82, 2.24) is 4.98 Å². The summed E-state index contributed by atoms with van der Waals surface area (Å²) in [6.45, 7) is 0. The van der Waals surface area contributed by atoms with Crippen LogP contribution >= 0.6 is 27.3 Å². The molecule has 0 radical (unpaired) electrons. The van der Waals surface area contributed by atoms with Crippen LogP contribution in [0.25, 0.3) is 0 Å². The van der Waals surface area contributed by atoms with Crippen LogP contribution in [-0.4, -0.2) is 11.2 Å². The molecule has 0 fully saturated rings. The van der Waals surface area contributed by atoms with E-state index in [1.165, 1.54) is 29.8 Å². The van der Waals surface area contributed by atoms with E-state index in [0.29, 0.717) is 0 Å². The van der Waals surface area contributed by atoms with Gasteiger partial charge in [0.1, 0.15) is 0 Å². The van der Waals surface area contributed by atoms with Gasteiger partial charge in [-0.3, -0.25) is 5.43 Å². The predicted molar refractivity (Wildman–Crippen MR) is 84.1 cm³/mol. The summed E-state index contributed by atoms with van der Waals surface area (Å²) in [6.07, 6.45) is 6.64. The number of hydrogen-bond acceptors (Lipinski definition) is 4. The van der Waals surface area contributed by atoms with E-state index in [-0.39, 0.29) is 0 Å². The van der Waals surface area contributed by atoms with Gasteiger partial charge in [0.15, 0.2) is 0 Å². The number of nitrogens with zero attached hydrogens (tertiary/aromatic N) is 2. The van der Waals surface area contributed by atoms with Gasteiger partial charge < -0.3 is 0 Å². The lowest BCUT2D eigenvalue weighted by molar-refractivity contribution is 0.682. The molecule has 0 aliphatic heterocycles. The fourth-order valence-corrected chi connectivity index (χ4v) is 3.57. The minimum atomic E-state index is 0.901. The van der Waals surface area contributed by atoms with Gasteiger partial charge in [-0.25, -0.2) is 4.98 Å². The number of benzene rings is 1. The smallest absolute Gasteiger partial charge is 0.203 e. The third kappa shape index (κ3) is 3.22. The van der Waals surface area contributed by atoms with E-state index in [1.807, 2.05) is 30.5 Å². The van der Waals surface area contributed by atoms with E-state index in [9.17, 15) is 0 Å². The molecular weight excluding hydrogens is 322 g/mol. The van der Waals surface area contributed by atoms with E-state index in [0.717, 1.165) is 21.6 Å². The second-order valence-corrected chi connectivity index (χ2v) is 6.52. The Hall–Kier alpha value is -1.20. The van der Waals surface area contributed by atoms with Crippen LogP contribution in [0.1, 0.15) is 29.0 Å². The van der Waals surface area contributed by atoms with Crippen LogP contribution in [0, 0.1) is 0 Å². The molecule has 0 atom stereocenters. The maximum atomic E-state index is 4.58. The van der Waals surface area contributed by atoms with Crippen molar-refractivity contribution in [3.8, 4) is 0 Å². The molecule has 1 heterocycles. The molecule has 98 valence electrons. The van der Waals surface area contributed by atoms with E-state index >= 15 is 0 Å². The molecule has 3 nitrogen and oxygen atoms in total. The zero-order valence-electron chi connectivity index (χ0n) is 10.4. The highest BCUT2D eigenvalue weighted by atomic mass is 79.9. The van der Waals surface area contributed by atoms with Crippen LogP contribution in [0.2, 0.25) is 0 Å². The molecule has 0 unspecified atom stereocenters. The first-order valence-electron chi connectivity index (χ1n) is 6.34. The van der Waals surface area contributed by atoms with Crippen LogP contribution in [0.3, 0.4) is 0 Å². The maximum absolute atomic E-state index is 4.58. The zero-order valence-corrected chi connectivity index (χ0v) is 12.8. The van der Waals surface area contributed by atoms with Gasteiger partial charge in [-0.15, -0.1) is 11.3 Å². The summed E-state index contributed by atoms with van der Waals surface area (Å²) < 4.78 is 1.06. The van der Waals surface area contributed by atoms with Gasteiger partial charge >= 0.3 is 0 Å². The van der Waals surface area contributed by atoms with Crippen molar-refractivity contribution >= 4 is 38.6 Å². The molecule has 1 aromatic heterocycles. The van der Waals surface area contributed by atoms with Crippen LogP contribution in [0.15, 0.2) is 33.8 Å². The average Bonchev–Trinajstić information content (AvgIpc) is 2.81. The standard InChI is InChI=1S/C14H14BrN3S/c15-11-5-3-4-10(8-11)9-16-18-14-17-12-6-1-2-7-13(12)19-14/h3-5,8-9H,1-2,6-7H2,(H,17,18)/b16-9+. The topological polar surface area (TPSA) is 37.3 Å². The Morgan fingerprint density at radius 1 is 1.32 bits per heavy atom. The van der Waals surface area contributed by atoms with Crippen molar-refractivity contribution in [2.75, 3.05) is 5.43 Å². The number of anilines is 1. The Labute approximate surface area is 124 Å². The summed E-state index contributed by atoms with van der Waals surface area (Å²) in [5, 5.41) is 5.15. The molecule has 1 aliphatic carbocycles. The Kier molecular flexibility index (Phi) is 3.94. The number of hydrogen-bond donors (Lipinski definition) is 1. The summed E-state index contributed by atoms with van der Waals surface area (Å²) in [6, 6.07) is 8.04. The normalized spacial score (nSPS) is 14.6. The predicted octanol–water partition coefficient (Wildman–Crippen LogP) is 4.23. The molecule has 1 aromatic carbocycles. The van der Waals surface area contributed by atoms with Gasteiger partial charge in [0.25, 0.3) is 0 Å². The highest BCUT2D eigenvalue weighted by molar-refractivity contribution is 9.10. The SMILES string of the molecule is Brc1cccc(/C=N/Nc2nc3c(s2)CCCC3)c1. The molecule has 19 heavy (non-hydrogen) atoms. The number of fused-ring (bicyclic) bond motifs is 1. The third-order valence-corrected chi connectivity index (χ3v) is 4.62. The fourth-order valence-electron chi connectivity index (χ4n) is 2.15. The summed E-state index contributed by atoms with van der Waals surface area (Å²) in [7, 11) is 0. The largest absolute Gasteiger partial charge is 0.253 e. The number of rotatable bonds is 3. The van der Waals surface area contributed by atoms with Crippen molar-refractivity contribution in [2.45, 2.75) is 25.7 Å².